The van der Waals surface area contributed by atoms with Crippen LogP contribution in [0.4, 0.5) is 5.69 Å². The summed E-state index contributed by atoms with van der Waals surface area (Å²) in [6.07, 6.45) is 0.986. The second-order valence-electron chi connectivity index (χ2n) is 5.05. The Morgan fingerprint density at radius 3 is 2.43 bits per heavy atom. The molecule has 0 aliphatic rings. The first-order valence-corrected chi connectivity index (χ1v) is 7.33. The van der Waals surface area contributed by atoms with Crippen LogP contribution in [0.15, 0.2) is 42.5 Å². The molecule has 0 saturated heterocycles. The molecule has 0 amide bonds. The van der Waals surface area contributed by atoms with Crippen LogP contribution in [-0.2, 0) is 6.54 Å². The minimum absolute atomic E-state index is 0.706. The number of hydrogen-bond donors (Lipinski definition) is 1. The molecule has 0 saturated carbocycles. The molecule has 112 valence electrons. The summed E-state index contributed by atoms with van der Waals surface area (Å²) in [5, 5.41) is 3.41. The van der Waals surface area contributed by atoms with Gasteiger partial charge in [-0.15, -0.1) is 0 Å². The predicted octanol–water partition coefficient (Wildman–Crippen LogP) is 4.40. The maximum absolute atomic E-state index is 5.66. The number of benzene rings is 2. The number of aryl methyl sites for hydroxylation is 1. The summed E-state index contributed by atoms with van der Waals surface area (Å²) >= 11 is 0. The Morgan fingerprint density at radius 1 is 1.00 bits per heavy atom. The van der Waals surface area contributed by atoms with Gasteiger partial charge in [0, 0.05) is 12.2 Å². The molecule has 21 heavy (non-hydrogen) atoms. The van der Waals surface area contributed by atoms with Gasteiger partial charge in [0.05, 0.1) is 13.7 Å². The maximum Gasteiger partial charge on any atom is 0.161 e. The van der Waals surface area contributed by atoms with Crippen molar-refractivity contribution in [3.05, 3.63) is 53.6 Å². The monoisotopic (exact) mass is 285 g/mol. The highest BCUT2D eigenvalue weighted by atomic mass is 16.5. The molecule has 0 bridgehead atoms. The van der Waals surface area contributed by atoms with E-state index in [-0.39, 0.29) is 0 Å². The Balaban J connectivity index is 2.01. The lowest BCUT2D eigenvalue weighted by molar-refractivity contribution is 0.294. The van der Waals surface area contributed by atoms with Crippen LogP contribution < -0.4 is 14.8 Å². The van der Waals surface area contributed by atoms with Crippen LogP contribution in [0.3, 0.4) is 0 Å². The summed E-state index contributed by atoms with van der Waals surface area (Å²) < 4.78 is 11.1. The van der Waals surface area contributed by atoms with Crippen molar-refractivity contribution in [3.63, 3.8) is 0 Å². The molecular formula is C18H23NO2. The summed E-state index contributed by atoms with van der Waals surface area (Å²) in [7, 11) is 1.67. The summed E-state index contributed by atoms with van der Waals surface area (Å²) in [4.78, 5) is 0. The minimum atomic E-state index is 0.706. The van der Waals surface area contributed by atoms with Gasteiger partial charge in [-0.2, -0.15) is 0 Å². The van der Waals surface area contributed by atoms with Crippen LogP contribution in [0.1, 0.15) is 24.5 Å². The Kier molecular flexibility index (Phi) is 5.50. The summed E-state index contributed by atoms with van der Waals surface area (Å²) in [6, 6.07) is 14.4. The minimum Gasteiger partial charge on any atom is -0.493 e. The SMILES string of the molecule is CCCOc1ccc(CNc2ccc(C)cc2)cc1OC. The number of methoxy groups -OCH3 is 1. The molecule has 0 aromatic heterocycles. The van der Waals surface area contributed by atoms with Gasteiger partial charge in [0.15, 0.2) is 11.5 Å². The quantitative estimate of drug-likeness (QED) is 0.817. The first kappa shape index (κ1) is 15.2. The highest BCUT2D eigenvalue weighted by Gasteiger charge is 2.05. The molecule has 3 heteroatoms. The number of rotatable bonds is 7. The Morgan fingerprint density at radius 2 is 1.76 bits per heavy atom. The van der Waals surface area contributed by atoms with Crippen LogP contribution in [0.5, 0.6) is 11.5 Å². The van der Waals surface area contributed by atoms with Crippen molar-refractivity contribution in [2.24, 2.45) is 0 Å². The van der Waals surface area contributed by atoms with Crippen LogP contribution in [0.25, 0.3) is 0 Å². The number of nitrogens with one attached hydrogen (secondary N) is 1. The van der Waals surface area contributed by atoms with E-state index in [9.17, 15) is 0 Å². The standard InChI is InChI=1S/C18H23NO2/c1-4-11-21-17-10-7-15(12-18(17)20-3)13-19-16-8-5-14(2)6-9-16/h5-10,12,19H,4,11,13H2,1-3H3. The van der Waals surface area contributed by atoms with Gasteiger partial charge < -0.3 is 14.8 Å². The Bertz CT molecular complexity index is 564. The van der Waals surface area contributed by atoms with Gasteiger partial charge in [-0.25, -0.2) is 0 Å². The fourth-order valence-electron chi connectivity index (χ4n) is 2.03. The van der Waals surface area contributed by atoms with E-state index in [1.54, 1.807) is 7.11 Å². The lowest BCUT2D eigenvalue weighted by atomic mass is 10.2. The Hall–Kier alpha value is -2.16. The maximum atomic E-state index is 5.66. The predicted molar refractivity (Wildman–Crippen MR) is 87.3 cm³/mol. The molecule has 0 aliphatic heterocycles. The average molecular weight is 285 g/mol. The first-order valence-electron chi connectivity index (χ1n) is 7.33. The number of hydrogen-bond acceptors (Lipinski definition) is 3. The third kappa shape index (κ3) is 4.42. The van der Waals surface area contributed by atoms with Gasteiger partial charge >= 0.3 is 0 Å². The third-order valence-corrected chi connectivity index (χ3v) is 3.24. The van der Waals surface area contributed by atoms with Gasteiger partial charge in [-0.05, 0) is 43.2 Å². The molecule has 0 fully saturated rings. The van der Waals surface area contributed by atoms with E-state index in [1.807, 2.05) is 12.1 Å². The van der Waals surface area contributed by atoms with E-state index in [1.165, 1.54) is 5.56 Å². The Labute approximate surface area is 126 Å². The van der Waals surface area contributed by atoms with Crippen LogP contribution in [0.2, 0.25) is 0 Å². The van der Waals surface area contributed by atoms with Gasteiger partial charge in [-0.1, -0.05) is 30.7 Å². The zero-order valence-corrected chi connectivity index (χ0v) is 13.0. The highest BCUT2D eigenvalue weighted by Crippen LogP contribution is 2.28. The molecule has 0 radical (unpaired) electrons. The topological polar surface area (TPSA) is 30.5 Å². The number of ether oxygens (including phenoxy) is 2. The van der Waals surface area contributed by atoms with E-state index in [4.69, 9.17) is 9.47 Å². The smallest absolute Gasteiger partial charge is 0.161 e. The van der Waals surface area contributed by atoms with Gasteiger partial charge in [0.25, 0.3) is 0 Å². The van der Waals surface area contributed by atoms with Crippen molar-refractivity contribution in [1.29, 1.82) is 0 Å². The van der Waals surface area contributed by atoms with Crippen molar-refractivity contribution in [3.8, 4) is 11.5 Å². The molecule has 0 aliphatic carbocycles. The molecule has 2 aromatic carbocycles. The van der Waals surface area contributed by atoms with E-state index in [0.29, 0.717) is 6.61 Å². The lowest BCUT2D eigenvalue weighted by Crippen LogP contribution is -2.02. The van der Waals surface area contributed by atoms with Gasteiger partial charge in [-0.3, -0.25) is 0 Å². The van der Waals surface area contributed by atoms with Gasteiger partial charge in [0.1, 0.15) is 0 Å². The molecule has 1 N–H and O–H groups in total. The molecule has 2 aromatic rings. The van der Waals surface area contributed by atoms with Crippen molar-refractivity contribution >= 4 is 5.69 Å². The lowest BCUT2D eigenvalue weighted by Gasteiger charge is -2.12. The fraction of sp³-hybridized carbons (Fsp3) is 0.333. The van der Waals surface area contributed by atoms with Crippen molar-refractivity contribution in [1.82, 2.24) is 0 Å². The largest absolute Gasteiger partial charge is 0.493 e. The van der Waals surface area contributed by atoms with Gasteiger partial charge in [0.2, 0.25) is 0 Å². The number of anilines is 1. The summed E-state index contributed by atoms with van der Waals surface area (Å²) in [5.74, 6) is 1.59. The normalized spacial score (nSPS) is 10.2. The van der Waals surface area contributed by atoms with E-state index >= 15 is 0 Å². The third-order valence-electron chi connectivity index (χ3n) is 3.24. The van der Waals surface area contributed by atoms with Crippen LogP contribution in [0, 0.1) is 6.92 Å². The van der Waals surface area contributed by atoms with Crippen LogP contribution in [-0.4, -0.2) is 13.7 Å². The molecule has 0 atom stereocenters. The summed E-state index contributed by atoms with van der Waals surface area (Å²) in [6.45, 7) is 5.64. The highest BCUT2D eigenvalue weighted by molar-refractivity contribution is 5.47. The molecule has 0 heterocycles. The molecule has 0 spiro atoms. The zero-order chi connectivity index (χ0) is 15.1. The van der Waals surface area contributed by atoms with E-state index < -0.39 is 0 Å². The van der Waals surface area contributed by atoms with Crippen molar-refractivity contribution in [2.45, 2.75) is 26.8 Å². The van der Waals surface area contributed by atoms with E-state index in [2.05, 4.69) is 49.5 Å². The van der Waals surface area contributed by atoms with Crippen molar-refractivity contribution in [2.75, 3.05) is 19.0 Å². The molecule has 3 nitrogen and oxygen atoms in total. The second kappa shape index (κ2) is 7.58. The molecular weight excluding hydrogens is 262 g/mol. The zero-order valence-electron chi connectivity index (χ0n) is 13.0. The van der Waals surface area contributed by atoms with Crippen molar-refractivity contribution < 1.29 is 9.47 Å². The average Bonchev–Trinajstić information content (AvgIpc) is 2.52. The molecule has 2 rings (SSSR count). The van der Waals surface area contributed by atoms with E-state index in [0.717, 1.165) is 35.7 Å². The molecule has 0 unspecified atom stereocenters. The first-order chi connectivity index (χ1) is 10.2. The fourth-order valence-corrected chi connectivity index (χ4v) is 2.03. The summed E-state index contributed by atoms with van der Waals surface area (Å²) in [5.41, 5.74) is 3.54. The second-order valence-corrected chi connectivity index (χ2v) is 5.05. The van der Waals surface area contributed by atoms with Crippen LogP contribution >= 0.6 is 0 Å².